The molecule has 0 spiro atoms. The van der Waals surface area contributed by atoms with Crippen LogP contribution in [0.2, 0.25) is 0 Å². The number of hydrogen-bond donors (Lipinski definition) is 1. The van der Waals surface area contributed by atoms with Crippen LogP contribution in [0.1, 0.15) is 0 Å². The van der Waals surface area contributed by atoms with Crippen molar-refractivity contribution in [1.29, 1.82) is 0 Å². The molecule has 0 bridgehead atoms. The Balaban J connectivity index is 0.000000184. The van der Waals surface area contributed by atoms with E-state index in [9.17, 15) is 0 Å². The number of rotatable bonds is 0. The Labute approximate surface area is 77.8 Å². The van der Waals surface area contributed by atoms with Crippen LogP contribution >= 0.6 is 0 Å². The minimum Gasteiger partial charge on any atom is -0.760 e. The smallest absolute Gasteiger partial charge is 0.133 e. The highest BCUT2D eigenvalue weighted by Gasteiger charge is 1.89. The molecule has 0 saturated carbocycles. The summed E-state index contributed by atoms with van der Waals surface area (Å²) < 4.78 is 22.7. The van der Waals surface area contributed by atoms with Gasteiger partial charge in [0.2, 0.25) is 0 Å². The first kappa shape index (κ1) is 9.91. The molecule has 13 heavy (non-hydrogen) atoms. The number of nitrogens with two attached hydrogens (primary N) is 1. The van der Waals surface area contributed by atoms with E-state index in [0.29, 0.717) is 0 Å². The molecule has 4 nitrogen and oxygen atoms in total. The molecule has 1 atom stereocenters. The van der Waals surface area contributed by atoms with E-state index < -0.39 is 11.3 Å². The van der Waals surface area contributed by atoms with E-state index in [1.54, 1.807) is 6.26 Å². The van der Waals surface area contributed by atoms with Gasteiger partial charge in [-0.2, -0.15) is 0 Å². The third-order valence-electron chi connectivity index (χ3n) is 1.36. The Morgan fingerprint density at radius 1 is 1.31 bits per heavy atom. The van der Waals surface area contributed by atoms with Crippen LogP contribution in [0.5, 0.6) is 0 Å². The highest BCUT2D eigenvalue weighted by molar-refractivity contribution is 7.76. The van der Waals surface area contributed by atoms with Gasteiger partial charge in [0.05, 0.1) is 6.26 Å². The second kappa shape index (κ2) is 4.76. The highest BCUT2D eigenvalue weighted by Crippen LogP contribution is 2.12. The highest BCUT2D eigenvalue weighted by atomic mass is 32.2. The summed E-state index contributed by atoms with van der Waals surface area (Å²) in [5, 5.41) is 5.19. The molecule has 2 N–H and O–H groups in total. The van der Waals surface area contributed by atoms with Gasteiger partial charge in [0.1, 0.15) is 5.58 Å². The topological polar surface area (TPSA) is 79.3 Å². The van der Waals surface area contributed by atoms with E-state index in [-0.39, 0.29) is 0 Å². The van der Waals surface area contributed by atoms with Gasteiger partial charge >= 0.3 is 0 Å². The van der Waals surface area contributed by atoms with Gasteiger partial charge < -0.3 is 8.97 Å². The molecular formula is C8H8NO3S-. The van der Waals surface area contributed by atoms with E-state index in [1.807, 2.05) is 30.3 Å². The first-order valence-corrected chi connectivity index (χ1v) is 4.60. The number of para-hydroxylation sites is 1. The van der Waals surface area contributed by atoms with Gasteiger partial charge in [0, 0.05) is 16.7 Å². The lowest BCUT2D eigenvalue weighted by molar-refractivity contribution is 0.539. The lowest BCUT2D eigenvalue weighted by atomic mass is 10.3. The summed E-state index contributed by atoms with van der Waals surface area (Å²) in [6.45, 7) is 0. The fourth-order valence-electron chi connectivity index (χ4n) is 0.906. The lowest BCUT2D eigenvalue weighted by Gasteiger charge is -1.85. The maximum Gasteiger partial charge on any atom is 0.133 e. The van der Waals surface area contributed by atoms with Crippen LogP contribution < -0.4 is 5.14 Å². The molecule has 0 amide bonds. The molecule has 1 aromatic heterocycles. The predicted octanol–water partition coefficient (Wildman–Crippen LogP) is 1.17. The van der Waals surface area contributed by atoms with E-state index in [4.69, 9.17) is 13.2 Å². The molecule has 0 aliphatic heterocycles. The monoisotopic (exact) mass is 198 g/mol. The molecule has 1 aromatic carbocycles. The largest absolute Gasteiger partial charge is 0.760 e. The Morgan fingerprint density at radius 3 is 2.54 bits per heavy atom. The molecule has 0 fully saturated rings. The Bertz CT molecular complexity index is 365. The quantitative estimate of drug-likeness (QED) is 0.645. The van der Waals surface area contributed by atoms with Crippen molar-refractivity contribution in [2.75, 3.05) is 0 Å². The second-order valence-electron chi connectivity index (χ2n) is 2.22. The summed E-state index contributed by atoms with van der Waals surface area (Å²) in [5.41, 5.74) is 0.956. The van der Waals surface area contributed by atoms with Gasteiger partial charge in [-0.25, -0.2) is 0 Å². The normalized spacial score (nSPS) is 11.8. The Hall–Kier alpha value is -1.17. The molecular weight excluding hydrogens is 190 g/mol. The van der Waals surface area contributed by atoms with E-state index in [1.165, 1.54) is 0 Å². The van der Waals surface area contributed by atoms with Crippen molar-refractivity contribution in [3.63, 3.8) is 0 Å². The molecule has 2 rings (SSSR count). The average molecular weight is 198 g/mol. The predicted molar refractivity (Wildman–Crippen MR) is 49.3 cm³/mol. The van der Waals surface area contributed by atoms with Gasteiger partial charge in [0.25, 0.3) is 0 Å². The summed E-state index contributed by atoms with van der Waals surface area (Å²) in [6, 6.07) is 9.90. The molecule has 70 valence electrons. The first-order chi connectivity index (χ1) is 6.20. The molecule has 0 saturated heterocycles. The fourth-order valence-corrected chi connectivity index (χ4v) is 0.906. The molecule has 5 heteroatoms. The lowest BCUT2D eigenvalue weighted by Crippen LogP contribution is -1.97. The van der Waals surface area contributed by atoms with E-state index >= 15 is 0 Å². The molecule has 0 aliphatic rings. The number of benzene rings is 1. The average Bonchev–Trinajstić information content (AvgIpc) is 2.49. The molecule has 1 heterocycles. The summed E-state index contributed by atoms with van der Waals surface area (Å²) in [5.74, 6) is 0. The Morgan fingerprint density at radius 2 is 1.92 bits per heavy atom. The summed E-state index contributed by atoms with van der Waals surface area (Å²) in [6.07, 6.45) is 1.70. The zero-order valence-corrected chi connectivity index (χ0v) is 7.49. The SMILES string of the molecule is NS(=O)[O-].c1ccc2occc2c1. The maximum atomic E-state index is 8.78. The number of furan rings is 1. The zero-order valence-electron chi connectivity index (χ0n) is 6.67. The van der Waals surface area contributed by atoms with Crippen LogP contribution in [0.3, 0.4) is 0 Å². The van der Waals surface area contributed by atoms with Crippen LogP contribution in [0.25, 0.3) is 11.0 Å². The summed E-state index contributed by atoms with van der Waals surface area (Å²) in [4.78, 5) is 0. The third kappa shape index (κ3) is 3.37. The van der Waals surface area contributed by atoms with E-state index in [2.05, 4.69) is 5.14 Å². The van der Waals surface area contributed by atoms with Crippen LogP contribution in [0.15, 0.2) is 41.0 Å². The van der Waals surface area contributed by atoms with Crippen LogP contribution in [-0.2, 0) is 11.3 Å². The fraction of sp³-hybridized carbons (Fsp3) is 0. The van der Waals surface area contributed by atoms with Gasteiger partial charge in [0.15, 0.2) is 0 Å². The summed E-state index contributed by atoms with van der Waals surface area (Å²) >= 11 is -2.36. The summed E-state index contributed by atoms with van der Waals surface area (Å²) in [7, 11) is 0. The van der Waals surface area contributed by atoms with Crippen molar-refractivity contribution in [3.8, 4) is 0 Å². The van der Waals surface area contributed by atoms with Gasteiger partial charge in [-0.05, 0) is 12.1 Å². The van der Waals surface area contributed by atoms with Crippen LogP contribution in [0.4, 0.5) is 0 Å². The van der Waals surface area contributed by atoms with Crippen molar-refractivity contribution in [2.24, 2.45) is 5.14 Å². The molecule has 0 radical (unpaired) electrons. The zero-order chi connectivity index (χ0) is 9.68. The first-order valence-electron chi connectivity index (χ1n) is 3.46. The van der Waals surface area contributed by atoms with Crippen molar-refractivity contribution in [1.82, 2.24) is 0 Å². The van der Waals surface area contributed by atoms with E-state index in [0.717, 1.165) is 11.0 Å². The molecule has 0 aliphatic carbocycles. The van der Waals surface area contributed by atoms with Crippen molar-refractivity contribution >= 4 is 22.2 Å². The van der Waals surface area contributed by atoms with Gasteiger partial charge in [-0.3, -0.25) is 9.35 Å². The molecule has 2 aromatic rings. The minimum atomic E-state index is -2.36. The molecule has 1 unspecified atom stereocenters. The van der Waals surface area contributed by atoms with Gasteiger partial charge in [-0.15, -0.1) is 0 Å². The van der Waals surface area contributed by atoms with Crippen molar-refractivity contribution in [3.05, 3.63) is 36.6 Å². The number of fused-ring (bicyclic) bond motifs is 1. The van der Waals surface area contributed by atoms with Crippen molar-refractivity contribution in [2.45, 2.75) is 0 Å². The number of hydrogen-bond acceptors (Lipinski definition) is 3. The Kier molecular flexibility index (Phi) is 3.63. The van der Waals surface area contributed by atoms with Crippen LogP contribution in [0, 0.1) is 0 Å². The second-order valence-corrected chi connectivity index (χ2v) is 2.74. The standard InChI is InChI=1S/C8H6O.H3NO2S/c1-2-4-8-7(3-1)5-6-9-8;1-4(2)3/h1-6H;1H2,(H,2,3)/p-1. The minimum absolute atomic E-state index is 0.956. The van der Waals surface area contributed by atoms with Gasteiger partial charge in [-0.1, -0.05) is 18.2 Å². The maximum absolute atomic E-state index is 8.78. The van der Waals surface area contributed by atoms with Crippen LogP contribution in [-0.4, -0.2) is 8.76 Å². The third-order valence-corrected chi connectivity index (χ3v) is 1.36. The van der Waals surface area contributed by atoms with Crippen molar-refractivity contribution < 1.29 is 13.2 Å².